The van der Waals surface area contributed by atoms with Gasteiger partial charge in [-0.15, -0.1) is 0 Å². The molecule has 0 spiro atoms. The van der Waals surface area contributed by atoms with Crippen LogP contribution in [0.5, 0.6) is 5.75 Å². The third kappa shape index (κ3) is 2.30. The molecule has 0 radical (unpaired) electrons. The van der Waals surface area contributed by atoms with Gasteiger partial charge in [0.05, 0.1) is 11.0 Å². The van der Waals surface area contributed by atoms with E-state index in [0.717, 1.165) is 0 Å². The number of hydrogen-bond donors (Lipinski definition) is 1. The predicted molar refractivity (Wildman–Crippen MR) is 59.3 cm³/mol. The Labute approximate surface area is 93.6 Å². The fourth-order valence-corrected chi connectivity index (χ4v) is 1.58. The summed E-state index contributed by atoms with van der Waals surface area (Å²) in [5.74, 6) is 1.19. The minimum absolute atomic E-state index is 0.0430. The van der Waals surface area contributed by atoms with Crippen molar-refractivity contribution in [1.29, 1.82) is 0 Å². The van der Waals surface area contributed by atoms with Gasteiger partial charge in [0.2, 0.25) is 0 Å². The molecule has 1 aromatic rings. The van der Waals surface area contributed by atoms with Gasteiger partial charge in [0.1, 0.15) is 5.75 Å². The van der Waals surface area contributed by atoms with E-state index in [-0.39, 0.29) is 11.9 Å². The summed E-state index contributed by atoms with van der Waals surface area (Å²) in [4.78, 5) is 10.0. The molecule has 0 aliphatic carbocycles. The SMILES string of the molecule is CC(C)C1NC1Oc1ccc([N+](=O)[O-])cc1. The molecule has 1 aliphatic heterocycles. The smallest absolute Gasteiger partial charge is 0.269 e. The highest BCUT2D eigenvalue weighted by molar-refractivity contribution is 5.36. The highest BCUT2D eigenvalue weighted by Crippen LogP contribution is 2.25. The molecule has 0 saturated carbocycles. The van der Waals surface area contributed by atoms with Crippen molar-refractivity contribution >= 4 is 5.69 Å². The molecule has 0 amide bonds. The van der Waals surface area contributed by atoms with Crippen molar-refractivity contribution in [3.63, 3.8) is 0 Å². The molecule has 5 nitrogen and oxygen atoms in total. The molecule has 2 rings (SSSR count). The minimum atomic E-state index is -0.421. The number of non-ortho nitro benzene ring substituents is 1. The second-order valence-corrected chi connectivity index (χ2v) is 4.23. The Balaban J connectivity index is 1.94. The molecule has 5 heteroatoms. The van der Waals surface area contributed by atoms with E-state index in [4.69, 9.17) is 4.74 Å². The van der Waals surface area contributed by atoms with Gasteiger partial charge in [-0.1, -0.05) is 13.8 Å². The van der Waals surface area contributed by atoms with Crippen molar-refractivity contribution in [2.75, 3.05) is 0 Å². The first kappa shape index (κ1) is 10.9. The first-order chi connectivity index (χ1) is 7.58. The molecule has 1 heterocycles. The number of ether oxygens (including phenoxy) is 1. The van der Waals surface area contributed by atoms with Gasteiger partial charge in [0, 0.05) is 12.1 Å². The first-order valence-corrected chi connectivity index (χ1v) is 5.25. The van der Waals surface area contributed by atoms with Crippen molar-refractivity contribution in [1.82, 2.24) is 5.32 Å². The number of nitro benzene ring substituents is 1. The van der Waals surface area contributed by atoms with Gasteiger partial charge in [-0.3, -0.25) is 15.4 Å². The molecule has 1 saturated heterocycles. The van der Waals surface area contributed by atoms with Crippen LogP contribution < -0.4 is 10.1 Å². The fourth-order valence-electron chi connectivity index (χ4n) is 1.58. The molecule has 0 aromatic heterocycles. The summed E-state index contributed by atoms with van der Waals surface area (Å²) >= 11 is 0. The quantitative estimate of drug-likeness (QED) is 0.480. The van der Waals surface area contributed by atoms with Gasteiger partial charge in [-0.2, -0.15) is 0 Å². The summed E-state index contributed by atoms with van der Waals surface area (Å²) < 4.78 is 5.60. The van der Waals surface area contributed by atoms with E-state index >= 15 is 0 Å². The Hall–Kier alpha value is -1.62. The zero-order valence-electron chi connectivity index (χ0n) is 9.21. The first-order valence-electron chi connectivity index (χ1n) is 5.25. The molecular formula is C11H14N2O3. The van der Waals surface area contributed by atoms with Crippen LogP contribution in [-0.4, -0.2) is 17.2 Å². The van der Waals surface area contributed by atoms with Gasteiger partial charge >= 0.3 is 0 Å². The normalized spacial score (nSPS) is 23.2. The van der Waals surface area contributed by atoms with E-state index in [0.29, 0.717) is 17.7 Å². The monoisotopic (exact) mass is 222 g/mol. The number of hydrogen-bond acceptors (Lipinski definition) is 4. The van der Waals surface area contributed by atoms with Gasteiger partial charge in [-0.05, 0) is 18.1 Å². The second kappa shape index (κ2) is 4.09. The molecule has 1 aliphatic rings. The molecule has 1 aromatic carbocycles. The third-order valence-electron chi connectivity index (χ3n) is 2.60. The minimum Gasteiger partial charge on any atom is -0.474 e. The second-order valence-electron chi connectivity index (χ2n) is 4.23. The third-order valence-corrected chi connectivity index (χ3v) is 2.60. The van der Waals surface area contributed by atoms with Gasteiger partial charge < -0.3 is 4.74 Å². The molecule has 0 bridgehead atoms. The summed E-state index contributed by atoms with van der Waals surface area (Å²) in [6.45, 7) is 4.24. The van der Waals surface area contributed by atoms with Crippen LogP contribution >= 0.6 is 0 Å². The van der Waals surface area contributed by atoms with E-state index in [9.17, 15) is 10.1 Å². The number of nitrogens with one attached hydrogen (secondary N) is 1. The topological polar surface area (TPSA) is 74.3 Å². The maximum Gasteiger partial charge on any atom is 0.269 e. The number of nitrogens with zero attached hydrogens (tertiary/aromatic N) is 1. The number of nitro groups is 1. The predicted octanol–water partition coefficient (Wildman–Crippen LogP) is 1.93. The molecule has 1 N–H and O–H groups in total. The highest BCUT2D eigenvalue weighted by atomic mass is 16.6. The summed E-state index contributed by atoms with van der Waals surface area (Å²) in [6.07, 6.45) is 0.0430. The van der Waals surface area contributed by atoms with E-state index < -0.39 is 4.92 Å². The molecule has 2 atom stereocenters. The summed E-state index contributed by atoms with van der Waals surface area (Å²) in [7, 11) is 0. The van der Waals surface area contributed by atoms with Crippen molar-refractivity contribution in [2.24, 2.45) is 5.92 Å². The number of benzene rings is 1. The van der Waals surface area contributed by atoms with Gasteiger partial charge in [0.15, 0.2) is 6.23 Å². The highest BCUT2D eigenvalue weighted by Gasteiger charge is 2.40. The van der Waals surface area contributed by atoms with Crippen LogP contribution in [0.15, 0.2) is 24.3 Å². The number of rotatable bonds is 4. The van der Waals surface area contributed by atoms with Crippen LogP contribution in [0.25, 0.3) is 0 Å². The maximum absolute atomic E-state index is 10.4. The largest absolute Gasteiger partial charge is 0.474 e. The Morgan fingerprint density at radius 3 is 2.44 bits per heavy atom. The summed E-state index contributed by atoms with van der Waals surface area (Å²) in [5.41, 5.74) is 0.0801. The van der Waals surface area contributed by atoms with Crippen molar-refractivity contribution in [3.05, 3.63) is 34.4 Å². The van der Waals surface area contributed by atoms with Gasteiger partial charge in [-0.25, -0.2) is 0 Å². The van der Waals surface area contributed by atoms with E-state index in [2.05, 4.69) is 19.2 Å². The average molecular weight is 222 g/mol. The lowest BCUT2D eigenvalue weighted by molar-refractivity contribution is -0.384. The van der Waals surface area contributed by atoms with Crippen LogP contribution in [0.2, 0.25) is 0 Å². The lowest BCUT2D eigenvalue weighted by Crippen LogP contribution is -2.08. The molecule has 16 heavy (non-hydrogen) atoms. The maximum atomic E-state index is 10.4. The van der Waals surface area contributed by atoms with Crippen LogP contribution in [0, 0.1) is 16.0 Å². The summed E-state index contributed by atoms with van der Waals surface area (Å²) in [6, 6.07) is 6.52. The lowest BCUT2D eigenvalue weighted by Gasteiger charge is -2.04. The Kier molecular flexibility index (Phi) is 2.78. The van der Waals surface area contributed by atoms with Crippen molar-refractivity contribution < 1.29 is 9.66 Å². The van der Waals surface area contributed by atoms with Crippen LogP contribution in [-0.2, 0) is 0 Å². The van der Waals surface area contributed by atoms with Gasteiger partial charge in [0.25, 0.3) is 5.69 Å². The van der Waals surface area contributed by atoms with Crippen molar-refractivity contribution in [2.45, 2.75) is 26.1 Å². The average Bonchev–Trinajstić information content (AvgIpc) is 2.98. The zero-order valence-corrected chi connectivity index (χ0v) is 9.21. The molecule has 1 fully saturated rings. The standard InChI is InChI=1S/C11H14N2O3/c1-7(2)10-11(12-10)16-9-5-3-8(4-6-9)13(14)15/h3-7,10-12H,1-2H3. The summed E-state index contributed by atoms with van der Waals surface area (Å²) in [5, 5.41) is 13.6. The molecule has 86 valence electrons. The van der Waals surface area contributed by atoms with Crippen LogP contribution in [0.3, 0.4) is 0 Å². The zero-order chi connectivity index (χ0) is 11.7. The van der Waals surface area contributed by atoms with E-state index in [1.165, 1.54) is 12.1 Å². The van der Waals surface area contributed by atoms with E-state index in [1.807, 2.05) is 0 Å². The van der Waals surface area contributed by atoms with Crippen LogP contribution in [0.1, 0.15) is 13.8 Å². The fraction of sp³-hybridized carbons (Fsp3) is 0.455. The Bertz CT molecular complexity index is 389. The molecule has 2 unspecified atom stereocenters. The lowest BCUT2D eigenvalue weighted by atomic mass is 10.1. The van der Waals surface area contributed by atoms with Crippen LogP contribution in [0.4, 0.5) is 5.69 Å². The van der Waals surface area contributed by atoms with Crippen molar-refractivity contribution in [3.8, 4) is 5.75 Å². The Morgan fingerprint density at radius 2 is 2.00 bits per heavy atom. The Morgan fingerprint density at radius 1 is 1.38 bits per heavy atom. The molecular weight excluding hydrogens is 208 g/mol. The van der Waals surface area contributed by atoms with E-state index in [1.54, 1.807) is 12.1 Å².